The molecular formula is C11H14Cl2N2O4S. The minimum absolute atomic E-state index is 0.0479. The predicted octanol–water partition coefficient (Wildman–Crippen LogP) is 1.41. The van der Waals surface area contributed by atoms with Gasteiger partial charge in [-0.15, -0.1) is 0 Å². The molecular weight excluding hydrogens is 327 g/mol. The van der Waals surface area contributed by atoms with E-state index in [0.717, 1.165) is 6.07 Å². The van der Waals surface area contributed by atoms with Crippen molar-refractivity contribution >= 4 is 39.1 Å². The molecule has 0 radical (unpaired) electrons. The number of rotatable bonds is 5. The number of hydrogen-bond acceptors (Lipinski definition) is 4. The van der Waals surface area contributed by atoms with Gasteiger partial charge in [0, 0.05) is 19.2 Å². The Labute approximate surface area is 127 Å². The molecule has 0 fully saturated rings. The Balaban J connectivity index is 3.09. The third-order valence-corrected chi connectivity index (χ3v) is 4.37. The topological polar surface area (TPSA) is 98.5 Å². The van der Waals surface area contributed by atoms with E-state index in [4.69, 9.17) is 33.1 Å². The molecule has 0 aromatic heterocycles. The summed E-state index contributed by atoms with van der Waals surface area (Å²) in [6, 6.07) is 2.35. The van der Waals surface area contributed by atoms with Gasteiger partial charge in [-0.3, -0.25) is 4.79 Å². The molecule has 9 heteroatoms. The van der Waals surface area contributed by atoms with Gasteiger partial charge in [0.1, 0.15) is 4.90 Å². The highest BCUT2D eigenvalue weighted by molar-refractivity contribution is 7.89. The zero-order valence-electron chi connectivity index (χ0n) is 10.8. The second kappa shape index (κ2) is 6.73. The van der Waals surface area contributed by atoms with Crippen LogP contribution >= 0.6 is 23.2 Å². The number of sulfonamides is 1. The highest BCUT2D eigenvalue weighted by Crippen LogP contribution is 2.30. The Hall–Kier alpha value is -0.860. The van der Waals surface area contributed by atoms with E-state index in [1.165, 1.54) is 13.2 Å². The summed E-state index contributed by atoms with van der Waals surface area (Å²) < 4.78 is 27.7. The molecule has 1 aromatic carbocycles. The van der Waals surface area contributed by atoms with E-state index in [1.807, 2.05) is 0 Å². The molecule has 112 valence electrons. The van der Waals surface area contributed by atoms with Crippen LogP contribution in [0, 0.1) is 0 Å². The molecule has 0 aliphatic heterocycles. The molecule has 1 unspecified atom stereocenters. The predicted molar refractivity (Wildman–Crippen MR) is 76.6 cm³/mol. The van der Waals surface area contributed by atoms with Gasteiger partial charge in [0.05, 0.1) is 16.1 Å². The molecule has 1 rings (SSSR count). The van der Waals surface area contributed by atoms with Gasteiger partial charge < -0.3 is 10.1 Å². The number of carbonyl (C=O) groups is 1. The standard InChI is InChI=1S/C11H14Cl2N2O4S/c1-6(19-2)5-15-11(16)7-3-8(12)10(13)9(4-7)20(14,17)18/h3-4,6H,5H2,1-2H3,(H,15,16)(H2,14,17,18). The molecule has 0 aliphatic rings. The Bertz CT molecular complexity index is 619. The first-order valence-corrected chi connectivity index (χ1v) is 7.80. The summed E-state index contributed by atoms with van der Waals surface area (Å²) in [4.78, 5) is 11.5. The van der Waals surface area contributed by atoms with E-state index in [2.05, 4.69) is 5.32 Å². The van der Waals surface area contributed by atoms with Crippen LogP contribution in [0.3, 0.4) is 0 Å². The van der Waals surface area contributed by atoms with Crippen molar-refractivity contribution in [1.29, 1.82) is 0 Å². The summed E-state index contributed by atoms with van der Waals surface area (Å²) in [7, 11) is -2.56. The van der Waals surface area contributed by atoms with Crippen LogP contribution in [0.2, 0.25) is 10.0 Å². The van der Waals surface area contributed by atoms with Crippen molar-refractivity contribution in [3.63, 3.8) is 0 Å². The van der Waals surface area contributed by atoms with Gasteiger partial charge in [0.25, 0.3) is 5.91 Å². The zero-order valence-corrected chi connectivity index (χ0v) is 13.1. The lowest BCUT2D eigenvalue weighted by Crippen LogP contribution is -2.31. The largest absolute Gasteiger partial charge is 0.380 e. The lowest BCUT2D eigenvalue weighted by Gasteiger charge is -2.12. The van der Waals surface area contributed by atoms with Gasteiger partial charge in [-0.2, -0.15) is 0 Å². The quantitative estimate of drug-likeness (QED) is 0.846. The number of primary sulfonamides is 1. The maximum Gasteiger partial charge on any atom is 0.251 e. The molecule has 1 atom stereocenters. The first kappa shape index (κ1) is 17.2. The smallest absolute Gasteiger partial charge is 0.251 e. The van der Waals surface area contributed by atoms with Crippen molar-refractivity contribution in [2.24, 2.45) is 5.14 Å². The van der Waals surface area contributed by atoms with Crippen LogP contribution < -0.4 is 10.5 Å². The molecule has 1 aromatic rings. The number of nitrogens with two attached hydrogens (primary N) is 1. The number of ether oxygens (including phenoxy) is 1. The maximum atomic E-state index is 11.9. The SMILES string of the molecule is COC(C)CNC(=O)c1cc(Cl)c(Cl)c(S(N)(=O)=O)c1. The van der Waals surface area contributed by atoms with E-state index < -0.39 is 20.8 Å². The normalized spacial score (nSPS) is 13.1. The number of benzene rings is 1. The van der Waals surface area contributed by atoms with Crippen molar-refractivity contribution in [1.82, 2.24) is 5.32 Å². The van der Waals surface area contributed by atoms with Crippen LogP contribution in [-0.4, -0.2) is 34.1 Å². The van der Waals surface area contributed by atoms with Crippen LogP contribution in [0.5, 0.6) is 0 Å². The fraction of sp³-hybridized carbons (Fsp3) is 0.364. The number of amides is 1. The molecule has 0 bridgehead atoms. The zero-order chi connectivity index (χ0) is 15.5. The molecule has 20 heavy (non-hydrogen) atoms. The van der Waals surface area contributed by atoms with Crippen molar-refractivity contribution in [2.45, 2.75) is 17.9 Å². The van der Waals surface area contributed by atoms with Gasteiger partial charge in [0.2, 0.25) is 10.0 Å². The van der Waals surface area contributed by atoms with Gasteiger partial charge in [-0.1, -0.05) is 23.2 Å². The molecule has 6 nitrogen and oxygen atoms in total. The second-order valence-electron chi connectivity index (χ2n) is 4.07. The summed E-state index contributed by atoms with van der Waals surface area (Å²) in [5.41, 5.74) is 0.0479. The number of nitrogens with one attached hydrogen (secondary N) is 1. The van der Waals surface area contributed by atoms with Crippen LogP contribution in [0.25, 0.3) is 0 Å². The van der Waals surface area contributed by atoms with Crippen molar-refractivity contribution in [2.75, 3.05) is 13.7 Å². The summed E-state index contributed by atoms with van der Waals surface area (Å²) in [5, 5.41) is 7.31. The lowest BCUT2D eigenvalue weighted by molar-refractivity contribution is 0.0870. The van der Waals surface area contributed by atoms with Crippen LogP contribution in [-0.2, 0) is 14.8 Å². The average molecular weight is 341 g/mol. The minimum atomic E-state index is -4.07. The second-order valence-corrected chi connectivity index (χ2v) is 6.39. The van der Waals surface area contributed by atoms with Crippen molar-refractivity contribution in [3.8, 4) is 0 Å². The Morgan fingerprint density at radius 2 is 2.05 bits per heavy atom. The molecule has 0 spiro atoms. The summed E-state index contributed by atoms with van der Waals surface area (Å²) in [6.07, 6.45) is -0.181. The van der Waals surface area contributed by atoms with Gasteiger partial charge >= 0.3 is 0 Å². The number of halogens is 2. The first-order chi connectivity index (χ1) is 9.16. The molecule has 0 saturated carbocycles. The molecule has 3 N–H and O–H groups in total. The highest BCUT2D eigenvalue weighted by Gasteiger charge is 2.19. The number of methoxy groups -OCH3 is 1. The first-order valence-electron chi connectivity index (χ1n) is 5.49. The molecule has 0 saturated heterocycles. The molecule has 0 heterocycles. The Kier molecular flexibility index (Phi) is 5.79. The fourth-order valence-corrected chi connectivity index (χ4v) is 2.68. The van der Waals surface area contributed by atoms with E-state index in [9.17, 15) is 13.2 Å². The lowest BCUT2D eigenvalue weighted by atomic mass is 10.2. The van der Waals surface area contributed by atoms with E-state index in [-0.39, 0.29) is 28.3 Å². The summed E-state index contributed by atoms with van der Waals surface area (Å²) in [6.45, 7) is 2.03. The number of hydrogen-bond donors (Lipinski definition) is 2. The highest BCUT2D eigenvalue weighted by atomic mass is 35.5. The third kappa shape index (κ3) is 4.32. The van der Waals surface area contributed by atoms with Crippen molar-refractivity contribution < 1.29 is 17.9 Å². The van der Waals surface area contributed by atoms with E-state index in [1.54, 1.807) is 6.92 Å². The van der Waals surface area contributed by atoms with Crippen molar-refractivity contribution in [3.05, 3.63) is 27.7 Å². The van der Waals surface area contributed by atoms with Crippen LogP contribution in [0.1, 0.15) is 17.3 Å². The van der Waals surface area contributed by atoms with Gasteiger partial charge in [-0.25, -0.2) is 13.6 Å². The fourth-order valence-electron chi connectivity index (χ4n) is 1.32. The maximum absolute atomic E-state index is 11.9. The Morgan fingerprint density at radius 3 is 2.55 bits per heavy atom. The van der Waals surface area contributed by atoms with Crippen LogP contribution in [0.15, 0.2) is 17.0 Å². The molecule has 0 aliphatic carbocycles. The summed E-state index contributed by atoms with van der Waals surface area (Å²) >= 11 is 11.6. The Morgan fingerprint density at radius 1 is 1.45 bits per heavy atom. The third-order valence-electron chi connectivity index (χ3n) is 2.52. The van der Waals surface area contributed by atoms with E-state index in [0.29, 0.717) is 0 Å². The summed E-state index contributed by atoms with van der Waals surface area (Å²) in [5.74, 6) is -0.502. The molecule has 1 amide bonds. The average Bonchev–Trinajstić information content (AvgIpc) is 2.36. The monoisotopic (exact) mass is 340 g/mol. The van der Waals surface area contributed by atoms with Gasteiger partial charge in [0.15, 0.2) is 0 Å². The van der Waals surface area contributed by atoms with Crippen LogP contribution in [0.4, 0.5) is 0 Å². The van der Waals surface area contributed by atoms with Gasteiger partial charge in [-0.05, 0) is 19.1 Å². The minimum Gasteiger partial charge on any atom is -0.380 e. The number of carbonyl (C=O) groups excluding carboxylic acids is 1. The van der Waals surface area contributed by atoms with E-state index >= 15 is 0 Å².